The van der Waals surface area contributed by atoms with Crippen LogP contribution in [0.15, 0.2) is 24.3 Å². The third-order valence-electron chi connectivity index (χ3n) is 2.04. The number of hydrogen-bond donors (Lipinski definition) is 0. The maximum atomic E-state index is 12.6. The zero-order valence-electron chi connectivity index (χ0n) is 10.4. The van der Waals surface area contributed by atoms with Crippen molar-refractivity contribution in [2.24, 2.45) is 0 Å². The van der Waals surface area contributed by atoms with Gasteiger partial charge in [0, 0.05) is 0 Å². The van der Waals surface area contributed by atoms with Crippen LogP contribution in [0, 0.1) is 0 Å². The number of alkyl halides is 3. The highest BCUT2D eigenvalue weighted by Crippen LogP contribution is 2.36. The van der Waals surface area contributed by atoms with Crippen LogP contribution in [-0.4, -0.2) is 0 Å². The summed E-state index contributed by atoms with van der Waals surface area (Å²) in [4.78, 5) is 0. The minimum Gasteiger partial charge on any atom is -0.166 e. The van der Waals surface area contributed by atoms with E-state index in [2.05, 4.69) is 0 Å². The quantitative estimate of drug-likeness (QED) is 0.588. The zero-order chi connectivity index (χ0) is 13.0. The van der Waals surface area contributed by atoms with Gasteiger partial charge < -0.3 is 0 Å². The van der Waals surface area contributed by atoms with E-state index in [4.69, 9.17) is 0 Å². The van der Waals surface area contributed by atoms with Gasteiger partial charge in [-0.3, -0.25) is 0 Å². The van der Waals surface area contributed by atoms with Gasteiger partial charge in [-0.2, -0.15) is 13.2 Å². The van der Waals surface area contributed by atoms with Crippen LogP contribution in [0.2, 0.25) is 0 Å². The van der Waals surface area contributed by atoms with Gasteiger partial charge in [-0.1, -0.05) is 52.8 Å². The van der Waals surface area contributed by atoms with Gasteiger partial charge in [0.25, 0.3) is 0 Å². The van der Waals surface area contributed by atoms with E-state index < -0.39 is 17.2 Å². The molecule has 0 aliphatic rings. The van der Waals surface area contributed by atoms with E-state index in [1.807, 2.05) is 13.8 Å². The first-order chi connectivity index (χ1) is 7.23. The lowest BCUT2D eigenvalue weighted by Gasteiger charge is -2.23. The number of halogens is 3. The second-order valence-electron chi connectivity index (χ2n) is 4.29. The molecule has 0 N–H and O–H groups in total. The van der Waals surface area contributed by atoms with Crippen molar-refractivity contribution in [1.29, 1.82) is 0 Å². The molecule has 1 aromatic rings. The van der Waals surface area contributed by atoms with Crippen LogP contribution in [0.5, 0.6) is 0 Å². The first-order valence-electron chi connectivity index (χ1n) is 5.39. The minimum absolute atomic E-state index is 0.340. The van der Waals surface area contributed by atoms with E-state index in [-0.39, 0.29) is 0 Å². The smallest absolute Gasteiger partial charge is 0.166 e. The van der Waals surface area contributed by atoms with Gasteiger partial charge in [-0.05, 0) is 17.0 Å². The van der Waals surface area contributed by atoms with Crippen LogP contribution < -0.4 is 0 Å². The molecule has 0 amide bonds. The van der Waals surface area contributed by atoms with Crippen molar-refractivity contribution in [1.82, 2.24) is 0 Å². The third kappa shape index (κ3) is 3.87. The summed E-state index contributed by atoms with van der Waals surface area (Å²) >= 11 is 0. The van der Waals surface area contributed by atoms with Crippen molar-refractivity contribution in [3.05, 3.63) is 35.4 Å². The van der Waals surface area contributed by atoms with Gasteiger partial charge in [0.15, 0.2) is 0 Å². The number of rotatable bonds is 0. The topological polar surface area (TPSA) is 0 Å². The second kappa shape index (κ2) is 5.37. The Morgan fingerprint density at radius 2 is 1.19 bits per heavy atom. The average Bonchev–Trinajstić information content (AvgIpc) is 2.18. The van der Waals surface area contributed by atoms with Gasteiger partial charge in [-0.15, -0.1) is 0 Å². The third-order valence-corrected chi connectivity index (χ3v) is 2.04. The van der Waals surface area contributed by atoms with Crippen LogP contribution in [0.3, 0.4) is 0 Å². The van der Waals surface area contributed by atoms with Crippen LogP contribution in [0.25, 0.3) is 0 Å². The Bertz CT molecular complexity index is 286. The molecule has 0 saturated carbocycles. The molecule has 3 heteroatoms. The van der Waals surface area contributed by atoms with E-state index in [1.165, 1.54) is 12.1 Å². The molecule has 0 aliphatic heterocycles. The highest BCUT2D eigenvalue weighted by atomic mass is 19.4. The van der Waals surface area contributed by atoms with Crippen LogP contribution in [-0.2, 0) is 11.6 Å². The van der Waals surface area contributed by atoms with Gasteiger partial charge in [-0.25, -0.2) is 0 Å². The van der Waals surface area contributed by atoms with Crippen molar-refractivity contribution >= 4 is 0 Å². The lowest BCUT2D eigenvalue weighted by molar-refractivity contribution is -0.138. The molecule has 0 aromatic heterocycles. The number of benzene rings is 1. The van der Waals surface area contributed by atoms with E-state index >= 15 is 0 Å². The molecule has 0 saturated heterocycles. The van der Waals surface area contributed by atoms with Gasteiger partial charge in [0.2, 0.25) is 0 Å². The van der Waals surface area contributed by atoms with Crippen LogP contribution in [0.1, 0.15) is 45.7 Å². The Morgan fingerprint density at radius 1 is 0.812 bits per heavy atom. The molecular formula is C13H19F3. The monoisotopic (exact) mass is 232 g/mol. The maximum absolute atomic E-state index is 12.6. The lowest BCUT2D eigenvalue weighted by Crippen LogP contribution is -2.19. The molecule has 0 nitrogen and oxygen atoms in total. The van der Waals surface area contributed by atoms with Crippen molar-refractivity contribution in [3.8, 4) is 0 Å². The van der Waals surface area contributed by atoms with Gasteiger partial charge in [0.1, 0.15) is 0 Å². The molecule has 16 heavy (non-hydrogen) atoms. The Labute approximate surface area is 95.5 Å². The molecule has 0 atom stereocenters. The van der Waals surface area contributed by atoms with Crippen LogP contribution in [0.4, 0.5) is 13.2 Å². The summed E-state index contributed by atoms with van der Waals surface area (Å²) < 4.78 is 37.7. The van der Waals surface area contributed by atoms with E-state index in [0.29, 0.717) is 5.56 Å². The molecule has 1 rings (SSSR count). The predicted octanol–water partition coefficient (Wildman–Crippen LogP) is 5.03. The Kier molecular flexibility index (Phi) is 5.04. The normalized spacial score (nSPS) is 11.8. The van der Waals surface area contributed by atoms with Crippen LogP contribution >= 0.6 is 0 Å². The molecule has 0 radical (unpaired) electrons. The SMILES string of the molecule is CC.CC(C)(C)c1ccccc1C(F)(F)F. The molecule has 0 heterocycles. The summed E-state index contributed by atoms with van der Waals surface area (Å²) in [6, 6.07) is 5.71. The lowest BCUT2D eigenvalue weighted by atomic mass is 9.83. The standard InChI is InChI=1S/C11H13F3.C2H6/c1-10(2,3)8-6-4-5-7-9(8)11(12,13)14;1-2/h4-7H,1-3H3;1-2H3. The summed E-state index contributed by atoms with van der Waals surface area (Å²) in [7, 11) is 0. The predicted molar refractivity (Wildman–Crippen MR) is 61.5 cm³/mol. The molecule has 92 valence electrons. The second-order valence-corrected chi connectivity index (χ2v) is 4.29. The first-order valence-corrected chi connectivity index (χ1v) is 5.39. The summed E-state index contributed by atoms with van der Waals surface area (Å²) in [5.74, 6) is 0. The molecule has 0 spiro atoms. The molecule has 0 aliphatic carbocycles. The molecule has 0 bridgehead atoms. The average molecular weight is 232 g/mol. The highest BCUT2D eigenvalue weighted by Gasteiger charge is 2.35. The fraction of sp³-hybridized carbons (Fsp3) is 0.538. The summed E-state index contributed by atoms with van der Waals surface area (Å²) in [6.07, 6.45) is -4.26. The fourth-order valence-corrected chi connectivity index (χ4v) is 1.38. The summed E-state index contributed by atoms with van der Waals surface area (Å²) in [6.45, 7) is 9.33. The number of hydrogen-bond acceptors (Lipinski definition) is 0. The van der Waals surface area contributed by atoms with E-state index in [1.54, 1.807) is 26.8 Å². The fourth-order valence-electron chi connectivity index (χ4n) is 1.38. The van der Waals surface area contributed by atoms with Crippen molar-refractivity contribution < 1.29 is 13.2 Å². The Balaban J connectivity index is 0.00000106. The van der Waals surface area contributed by atoms with Crippen molar-refractivity contribution in [2.75, 3.05) is 0 Å². The van der Waals surface area contributed by atoms with Gasteiger partial charge >= 0.3 is 6.18 Å². The van der Waals surface area contributed by atoms with E-state index in [9.17, 15) is 13.2 Å². The molecular weight excluding hydrogens is 213 g/mol. The van der Waals surface area contributed by atoms with Gasteiger partial charge in [0.05, 0.1) is 5.56 Å². The minimum atomic E-state index is -4.26. The Morgan fingerprint density at radius 3 is 1.44 bits per heavy atom. The maximum Gasteiger partial charge on any atom is 0.416 e. The van der Waals surface area contributed by atoms with Crippen molar-refractivity contribution in [2.45, 2.75) is 46.2 Å². The summed E-state index contributed by atoms with van der Waals surface area (Å²) in [5, 5.41) is 0. The highest BCUT2D eigenvalue weighted by molar-refractivity contribution is 5.34. The summed E-state index contributed by atoms with van der Waals surface area (Å²) in [5.41, 5.74) is -0.674. The largest absolute Gasteiger partial charge is 0.416 e. The van der Waals surface area contributed by atoms with E-state index in [0.717, 1.165) is 6.07 Å². The zero-order valence-corrected chi connectivity index (χ0v) is 10.4. The first kappa shape index (κ1) is 15.0. The Hall–Kier alpha value is -0.990. The molecule has 0 fully saturated rings. The molecule has 0 unspecified atom stereocenters. The molecule has 1 aromatic carbocycles. The van der Waals surface area contributed by atoms with Crippen molar-refractivity contribution in [3.63, 3.8) is 0 Å².